The van der Waals surface area contributed by atoms with Crippen molar-refractivity contribution in [1.29, 1.82) is 5.26 Å². The van der Waals surface area contributed by atoms with Gasteiger partial charge >= 0.3 is 0 Å². The van der Waals surface area contributed by atoms with E-state index in [-0.39, 0.29) is 5.91 Å². The highest BCUT2D eigenvalue weighted by Gasteiger charge is 2.22. The van der Waals surface area contributed by atoms with Crippen molar-refractivity contribution in [2.75, 3.05) is 31.1 Å². The molecule has 4 nitrogen and oxygen atoms in total. The van der Waals surface area contributed by atoms with Crippen molar-refractivity contribution < 1.29 is 4.79 Å². The van der Waals surface area contributed by atoms with Crippen LogP contribution in [0, 0.1) is 17.2 Å². The van der Waals surface area contributed by atoms with Gasteiger partial charge in [-0.05, 0) is 37.4 Å². The van der Waals surface area contributed by atoms with E-state index in [1.54, 1.807) is 4.90 Å². The van der Waals surface area contributed by atoms with Gasteiger partial charge in [0, 0.05) is 18.8 Å². The molecule has 1 atom stereocenters. The fourth-order valence-corrected chi connectivity index (χ4v) is 2.87. The highest BCUT2D eigenvalue weighted by molar-refractivity contribution is 5.94. The zero-order valence-corrected chi connectivity index (χ0v) is 12.7. The predicted molar refractivity (Wildman–Crippen MR) is 83.9 cm³/mol. The van der Waals surface area contributed by atoms with Gasteiger partial charge in [0.25, 0.3) is 0 Å². The first-order chi connectivity index (χ1) is 10.2. The number of amides is 1. The van der Waals surface area contributed by atoms with Crippen molar-refractivity contribution in [3.05, 3.63) is 30.3 Å². The van der Waals surface area contributed by atoms with E-state index in [1.165, 1.54) is 6.42 Å². The molecule has 2 rings (SSSR count). The molecule has 1 aliphatic rings. The first-order valence-corrected chi connectivity index (χ1v) is 7.65. The van der Waals surface area contributed by atoms with Crippen LogP contribution in [0.25, 0.3) is 0 Å². The molecule has 0 radical (unpaired) electrons. The van der Waals surface area contributed by atoms with Gasteiger partial charge in [-0.2, -0.15) is 5.26 Å². The Morgan fingerprint density at radius 2 is 2.19 bits per heavy atom. The minimum absolute atomic E-state index is 0.0885. The molecule has 0 bridgehead atoms. The van der Waals surface area contributed by atoms with Gasteiger partial charge in [0.05, 0.1) is 19.0 Å². The number of benzene rings is 1. The number of para-hydroxylation sites is 1. The zero-order chi connectivity index (χ0) is 15.1. The molecular weight excluding hydrogens is 262 g/mol. The highest BCUT2D eigenvalue weighted by Crippen LogP contribution is 2.18. The Morgan fingerprint density at radius 1 is 1.43 bits per heavy atom. The minimum atomic E-state index is 0.0885. The average molecular weight is 285 g/mol. The third kappa shape index (κ3) is 4.57. The molecule has 1 heterocycles. The largest absolute Gasteiger partial charge is 0.310 e. The van der Waals surface area contributed by atoms with E-state index < -0.39 is 0 Å². The monoisotopic (exact) mass is 285 g/mol. The van der Waals surface area contributed by atoms with E-state index in [4.69, 9.17) is 5.26 Å². The van der Waals surface area contributed by atoms with Gasteiger partial charge in [-0.3, -0.25) is 9.69 Å². The molecule has 1 unspecified atom stereocenters. The summed E-state index contributed by atoms with van der Waals surface area (Å²) in [5.74, 6) is 0.751. The number of anilines is 1. The Morgan fingerprint density at radius 3 is 2.86 bits per heavy atom. The summed E-state index contributed by atoms with van der Waals surface area (Å²) in [4.78, 5) is 16.6. The summed E-state index contributed by atoms with van der Waals surface area (Å²) < 4.78 is 0. The fourth-order valence-electron chi connectivity index (χ4n) is 2.87. The first kappa shape index (κ1) is 15.5. The van der Waals surface area contributed by atoms with Crippen LogP contribution >= 0.6 is 0 Å². The molecule has 1 fully saturated rings. The SMILES string of the molecule is CC1CCCN(CC(=O)N(CCC#N)c2ccccc2)C1. The van der Waals surface area contributed by atoms with E-state index >= 15 is 0 Å². The number of nitriles is 1. The van der Waals surface area contributed by atoms with Gasteiger partial charge in [0.2, 0.25) is 5.91 Å². The molecule has 0 saturated carbocycles. The summed E-state index contributed by atoms with van der Waals surface area (Å²) in [6.45, 7) is 5.14. The minimum Gasteiger partial charge on any atom is -0.310 e. The maximum Gasteiger partial charge on any atom is 0.241 e. The molecule has 0 N–H and O–H groups in total. The second kappa shape index (κ2) is 7.80. The van der Waals surface area contributed by atoms with Crippen LogP contribution < -0.4 is 4.90 Å². The number of rotatable bonds is 5. The van der Waals surface area contributed by atoms with Gasteiger partial charge in [0.15, 0.2) is 0 Å². The second-order valence-electron chi connectivity index (χ2n) is 5.77. The predicted octanol–water partition coefficient (Wildman–Crippen LogP) is 2.67. The van der Waals surface area contributed by atoms with Crippen molar-refractivity contribution in [1.82, 2.24) is 4.90 Å². The molecule has 4 heteroatoms. The average Bonchev–Trinajstić information content (AvgIpc) is 2.49. The third-order valence-corrected chi connectivity index (χ3v) is 3.92. The van der Waals surface area contributed by atoms with Crippen LogP contribution in [0.1, 0.15) is 26.2 Å². The van der Waals surface area contributed by atoms with E-state index in [0.29, 0.717) is 25.4 Å². The van der Waals surface area contributed by atoms with E-state index in [9.17, 15) is 4.79 Å². The van der Waals surface area contributed by atoms with Crippen molar-refractivity contribution in [3.63, 3.8) is 0 Å². The second-order valence-corrected chi connectivity index (χ2v) is 5.77. The molecule has 0 aliphatic carbocycles. The maximum atomic E-state index is 12.6. The lowest BCUT2D eigenvalue weighted by Gasteiger charge is -2.32. The standard InChI is InChI=1S/C17H23N3O/c1-15-7-5-11-19(13-15)14-17(21)20(12-6-10-18)16-8-3-2-4-9-16/h2-4,8-9,15H,5-7,11-14H2,1H3. The Bertz CT molecular complexity index is 495. The number of carbonyl (C=O) groups excluding carboxylic acids is 1. The van der Waals surface area contributed by atoms with Crippen molar-refractivity contribution in [3.8, 4) is 6.07 Å². The molecule has 1 aliphatic heterocycles. The molecule has 1 saturated heterocycles. The molecular formula is C17H23N3O. The molecule has 1 aromatic rings. The summed E-state index contributed by atoms with van der Waals surface area (Å²) in [5.41, 5.74) is 0.878. The van der Waals surface area contributed by atoms with Gasteiger partial charge in [-0.1, -0.05) is 25.1 Å². The quantitative estimate of drug-likeness (QED) is 0.835. The number of piperidine rings is 1. The number of nitrogens with zero attached hydrogens (tertiary/aromatic N) is 3. The zero-order valence-electron chi connectivity index (χ0n) is 12.7. The summed E-state index contributed by atoms with van der Waals surface area (Å²) in [7, 11) is 0. The smallest absolute Gasteiger partial charge is 0.241 e. The van der Waals surface area contributed by atoms with Gasteiger partial charge in [-0.15, -0.1) is 0 Å². The van der Waals surface area contributed by atoms with Crippen LogP contribution in [0.2, 0.25) is 0 Å². The lowest BCUT2D eigenvalue weighted by Crippen LogP contribution is -2.44. The molecule has 21 heavy (non-hydrogen) atoms. The molecule has 112 valence electrons. The van der Waals surface area contributed by atoms with Crippen LogP contribution in [-0.2, 0) is 4.79 Å². The van der Waals surface area contributed by atoms with Crippen molar-refractivity contribution in [2.24, 2.45) is 5.92 Å². The van der Waals surface area contributed by atoms with Crippen molar-refractivity contribution >= 4 is 11.6 Å². The number of hydrogen-bond donors (Lipinski definition) is 0. The molecule has 0 spiro atoms. The molecule has 0 aromatic heterocycles. The maximum absolute atomic E-state index is 12.6. The van der Waals surface area contributed by atoms with Gasteiger partial charge in [-0.25, -0.2) is 0 Å². The molecule has 1 aromatic carbocycles. The number of hydrogen-bond acceptors (Lipinski definition) is 3. The Hall–Kier alpha value is -1.86. The summed E-state index contributed by atoms with van der Waals surface area (Å²) in [6.07, 6.45) is 2.77. The third-order valence-electron chi connectivity index (χ3n) is 3.92. The lowest BCUT2D eigenvalue weighted by atomic mass is 10.0. The summed E-state index contributed by atoms with van der Waals surface area (Å²) in [5, 5.41) is 8.80. The van der Waals surface area contributed by atoms with E-state index in [1.807, 2.05) is 30.3 Å². The Kier molecular flexibility index (Phi) is 5.77. The van der Waals surface area contributed by atoms with Crippen LogP contribution in [0.15, 0.2) is 30.3 Å². The van der Waals surface area contributed by atoms with Crippen LogP contribution in [0.4, 0.5) is 5.69 Å². The van der Waals surface area contributed by atoms with E-state index in [2.05, 4.69) is 17.9 Å². The Labute approximate surface area is 127 Å². The summed E-state index contributed by atoms with van der Waals surface area (Å²) >= 11 is 0. The van der Waals surface area contributed by atoms with Crippen LogP contribution in [-0.4, -0.2) is 37.0 Å². The first-order valence-electron chi connectivity index (χ1n) is 7.65. The van der Waals surface area contributed by atoms with Crippen molar-refractivity contribution in [2.45, 2.75) is 26.2 Å². The van der Waals surface area contributed by atoms with Gasteiger partial charge in [0.1, 0.15) is 0 Å². The summed E-state index contributed by atoms with van der Waals surface area (Å²) in [6, 6.07) is 11.8. The number of carbonyl (C=O) groups is 1. The normalized spacial score (nSPS) is 19.0. The van der Waals surface area contributed by atoms with E-state index in [0.717, 1.165) is 25.2 Å². The Balaban J connectivity index is 2.02. The van der Waals surface area contributed by atoms with Gasteiger partial charge < -0.3 is 4.90 Å². The van der Waals surface area contributed by atoms with Crippen LogP contribution in [0.5, 0.6) is 0 Å². The fraction of sp³-hybridized carbons (Fsp3) is 0.529. The topological polar surface area (TPSA) is 47.3 Å². The number of likely N-dealkylation sites (tertiary alicyclic amines) is 1. The van der Waals surface area contributed by atoms with Crippen LogP contribution in [0.3, 0.4) is 0 Å². The molecule has 1 amide bonds. The lowest BCUT2D eigenvalue weighted by molar-refractivity contribution is -0.120. The highest BCUT2D eigenvalue weighted by atomic mass is 16.2.